The summed E-state index contributed by atoms with van der Waals surface area (Å²) in [5.74, 6) is 1.78. The Kier molecular flexibility index (Phi) is 9.11. The van der Waals surface area contributed by atoms with Crippen molar-refractivity contribution in [2.24, 2.45) is 0 Å². The van der Waals surface area contributed by atoms with Crippen molar-refractivity contribution in [2.45, 2.75) is 5.41 Å². The number of para-hydroxylation sites is 4. The predicted octanol–water partition coefficient (Wildman–Crippen LogP) is 18.2. The molecule has 14 rings (SSSR count). The number of hydrogen-bond acceptors (Lipinski definition) is 3. The summed E-state index contributed by atoms with van der Waals surface area (Å²) in [7, 11) is 0. The van der Waals surface area contributed by atoms with Gasteiger partial charge in [0.25, 0.3) is 0 Å². The number of ether oxygens (including phenoxy) is 1. The molecule has 1 aromatic heterocycles. The van der Waals surface area contributed by atoms with Crippen molar-refractivity contribution in [2.75, 3.05) is 4.90 Å². The number of benzene rings is 11. The molecule has 70 heavy (non-hydrogen) atoms. The highest BCUT2D eigenvalue weighted by molar-refractivity contribution is 6.14. The van der Waals surface area contributed by atoms with E-state index < -0.39 is 5.41 Å². The lowest BCUT2D eigenvalue weighted by atomic mass is 9.66. The highest BCUT2D eigenvalue weighted by Crippen LogP contribution is 2.62. The number of anilines is 3. The van der Waals surface area contributed by atoms with Crippen molar-refractivity contribution < 1.29 is 9.15 Å². The Labute approximate surface area is 406 Å². The molecular weight excluding hydrogens is 851 g/mol. The third-order valence-electron chi connectivity index (χ3n) is 14.6. The molecule has 0 radical (unpaired) electrons. The molecule has 0 bridgehead atoms. The number of nitrogens with zero attached hydrogens (tertiary/aromatic N) is 1. The first kappa shape index (κ1) is 39.9. The zero-order valence-corrected chi connectivity index (χ0v) is 38.1. The van der Waals surface area contributed by atoms with Gasteiger partial charge < -0.3 is 14.1 Å². The van der Waals surface area contributed by atoms with Gasteiger partial charge in [0.05, 0.1) is 22.2 Å². The molecular formula is C67H43NO2. The molecule has 12 aromatic rings. The van der Waals surface area contributed by atoms with Crippen LogP contribution in [0.25, 0.3) is 77.6 Å². The van der Waals surface area contributed by atoms with E-state index in [1.807, 2.05) is 6.07 Å². The van der Waals surface area contributed by atoms with Gasteiger partial charge in [0, 0.05) is 27.8 Å². The normalized spacial score (nSPS) is 12.8. The molecule has 328 valence electrons. The monoisotopic (exact) mass is 893 g/mol. The standard InChI is InChI=1S/C67H43NO2/c1-2-19-45(20-3-1)48-21-4-5-22-49(48)50-23-6-7-24-51(50)54-26-9-14-31-60(54)68(61-32-18-36-65-66(61)55-27-10-15-33-62(55)69-65)47-40-37-44(38-41-47)46-39-42-53-52-25-8-11-28-56(52)67(59(53)43-46)57-29-12-16-34-63(57)70-64-35-17-13-30-58(64)67/h1-43H. The minimum absolute atomic E-state index is 0.544. The SMILES string of the molecule is c1ccc(-c2ccccc2-c2ccccc2-c2ccccc2N(c2ccc(-c3ccc4c(c3)C3(c5ccccc5Oc5ccccc53)c3ccccc3-4)cc2)c2cccc3oc4ccccc4c23)cc1. The van der Waals surface area contributed by atoms with Crippen LogP contribution in [0.4, 0.5) is 17.1 Å². The molecule has 0 N–H and O–H groups in total. The topological polar surface area (TPSA) is 25.6 Å². The van der Waals surface area contributed by atoms with Gasteiger partial charge in [0.1, 0.15) is 22.7 Å². The molecule has 3 nitrogen and oxygen atoms in total. The summed E-state index contributed by atoms with van der Waals surface area (Å²) in [4.78, 5) is 2.42. The Hall–Kier alpha value is -9.18. The summed E-state index contributed by atoms with van der Waals surface area (Å²) in [6.07, 6.45) is 0. The van der Waals surface area contributed by atoms with Gasteiger partial charge in [-0.15, -0.1) is 0 Å². The molecule has 2 aliphatic rings. The summed E-state index contributed by atoms with van der Waals surface area (Å²) < 4.78 is 13.2. The fourth-order valence-electron chi connectivity index (χ4n) is 11.6. The third-order valence-corrected chi connectivity index (χ3v) is 14.6. The Morgan fingerprint density at radius 2 is 0.814 bits per heavy atom. The second kappa shape index (κ2) is 16.0. The molecule has 1 aliphatic heterocycles. The fraction of sp³-hybridized carbons (Fsp3) is 0.0149. The highest BCUT2D eigenvalue weighted by atomic mass is 16.5. The Balaban J connectivity index is 0.950. The lowest BCUT2D eigenvalue weighted by Crippen LogP contribution is -2.32. The quantitative estimate of drug-likeness (QED) is 0.159. The fourth-order valence-corrected chi connectivity index (χ4v) is 11.6. The van der Waals surface area contributed by atoms with Crippen LogP contribution >= 0.6 is 0 Å². The van der Waals surface area contributed by atoms with Gasteiger partial charge in [-0.05, 0) is 116 Å². The summed E-state index contributed by atoms with van der Waals surface area (Å²) in [5.41, 5.74) is 21.0. The molecule has 2 heterocycles. The third kappa shape index (κ3) is 6.01. The van der Waals surface area contributed by atoms with E-state index >= 15 is 0 Å². The van der Waals surface area contributed by atoms with Crippen molar-refractivity contribution in [1.29, 1.82) is 0 Å². The average Bonchev–Trinajstić information content (AvgIpc) is 3.96. The maximum absolute atomic E-state index is 6.64. The summed E-state index contributed by atoms with van der Waals surface area (Å²) in [6, 6.07) is 94.1. The van der Waals surface area contributed by atoms with E-state index in [1.54, 1.807) is 0 Å². The van der Waals surface area contributed by atoms with E-state index in [4.69, 9.17) is 9.15 Å². The van der Waals surface area contributed by atoms with Crippen LogP contribution in [0, 0.1) is 0 Å². The van der Waals surface area contributed by atoms with Gasteiger partial charge in [-0.1, -0.05) is 206 Å². The second-order valence-electron chi connectivity index (χ2n) is 18.3. The van der Waals surface area contributed by atoms with Gasteiger partial charge in [-0.2, -0.15) is 0 Å². The number of fused-ring (bicyclic) bond motifs is 12. The average molecular weight is 894 g/mol. The summed E-state index contributed by atoms with van der Waals surface area (Å²) in [5, 5.41) is 2.15. The minimum Gasteiger partial charge on any atom is -0.457 e. The van der Waals surface area contributed by atoms with Crippen molar-refractivity contribution in [3.63, 3.8) is 0 Å². The first-order valence-electron chi connectivity index (χ1n) is 24.0. The highest BCUT2D eigenvalue weighted by Gasteiger charge is 2.51. The first-order valence-corrected chi connectivity index (χ1v) is 24.0. The molecule has 0 fully saturated rings. The molecule has 1 spiro atoms. The molecule has 0 saturated carbocycles. The molecule has 0 amide bonds. The van der Waals surface area contributed by atoms with Crippen LogP contribution in [-0.4, -0.2) is 0 Å². The van der Waals surface area contributed by atoms with E-state index in [-0.39, 0.29) is 0 Å². The molecule has 0 unspecified atom stereocenters. The van der Waals surface area contributed by atoms with E-state index in [0.29, 0.717) is 0 Å². The zero-order chi connectivity index (χ0) is 46.2. The van der Waals surface area contributed by atoms with Crippen LogP contribution in [0.2, 0.25) is 0 Å². The van der Waals surface area contributed by atoms with E-state index in [9.17, 15) is 0 Å². The van der Waals surface area contributed by atoms with Crippen molar-refractivity contribution in [1.82, 2.24) is 0 Å². The Morgan fingerprint density at radius 3 is 1.56 bits per heavy atom. The van der Waals surface area contributed by atoms with Crippen LogP contribution in [0.5, 0.6) is 11.5 Å². The van der Waals surface area contributed by atoms with Crippen LogP contribution in [0.1, 0.15) is 22.3 Å². The van der Waals surface area contributed by atoms with Gasteiger partial charge in [0.2, 0.25) is 0 Å². The van der Waals surface area contributed by atoms with Crippen molar-refractivity contribution in [3.8, 4) is 67.1 Å². The van der Waals surface area contributed by atoms with E-state index in [0.717, 1.165) is 83.9 Å². The second-order valence-corrected chi connectivity index (χ2v) is 18.3. The van der Waals surface area contributed by atoms with Crippen molar-refractivity contribution >= 4 is 39.0 Å². The van der Waals surface area contributed by atoms with Crippen LogP contribution in [-0.2, 0) is 5.41 Å². The largest absolute Gasteiger partial charge is 0.457 e. The summed E-state index contributed by atoms with van der Waals surface area (Å²) in [6.45, 7) is 0. The van der Waals surface area contributed by atoms with E-state index in [2.05, 4.69) is 260 Å². The Morgan fingerprint density at radius 1 is 0.300 bits per heavy atom. The molecule has 1 aliphatic carbocycles. The predicted molar refractivity (Wildman–Crippen MR) is 288 cm³/mol. The molecule has 0 saturated heterocycles. The number of hydrogen-bond donors (Lipinski definition) is 0. The summed E-state index contributed by atoms with van der Waals surface area (Å²) >= 11 is 0. The molecule has 11 aromatic carbocycles. The van der Waals surface area contributed by atoms with Crippen molar-refractivity contribution in [3.05, 3.63) is 283 Å². The van der Waals surface area contributed by atoms with Crippen LogP contribution < -0.4 is 9.64 Å². The van der Waals surface area contributed by atoms with Crippen LogP contribution in [0.3, 0.4) is 0 Å². The number of furan rings is 1. The maximum atomic E-state index is 6.64. The zero-order valence-electron chi connectivity index (χ0n) is 38.1. The molecule has 3 heteroatoms. The minimum atomic E-state index is -0.544. The van der Waals surface area contributed by atoms with Gasteiger partial charge in [0.15, 0.2) is 0 Å². The van der Waals surface area contributed by atoms with Gasteiger partial charge >= 0.3 is 0 Å². The smallest absolute Gasteiger partial charge is 0.137 e. The lowest BCUT2D eigenvalue weighted by molar-refractivity contribution is 0.436. The van der Waals surface area contributed by atoms with Crippen LogP contribution in [0.15, 0.2) is 265 Å². The maximum Gasteiger partial charge on any atom is 0.137 e. The number of rotatable bonds is 7. The van der Waals surface area contributed by atoms with Gasteiger partial charge in [-0.3, -0.25) is 0 Å². The first-order chi connectivity index (χ1) is 34.7. The lowest BCUT2D eigenvalue weighted by Gasteiger charge is -2.39. The van der Waals surface area contributed by atoms with Gasteiger partial charge in [-0.25, -0.2) is 0 Å². The molecule has 0 atom stereocenters. The van der Waals surface area contributed by atoms with E-state index in [1.165, 1.54) is 44.5 Å². The Bertz CT molecular complexity index is 3950.